The normalized spacial score (nSPS) is 11.1. The van der Waals surface area contributed by atoms with Crippen molar-refractivity contribution in [2.45, 2.75) is 6.61 Å². The van der Waals surface area contributed by atoms with Crippen LogP contribution in [0.25, 0.3) is 6.08 Å². The van der Waals surface area contributed by atoms with Crippen LogP contribution in [0.15, 0.2) is 52.0 Å². The van der Waals surface area contributed by atoms with E-state index in [0.29, 0.717) is 22.6 Å². The Morgan fingerprint density at radius 1 is 1.25 bits per heavy atom. The number of amides is 2. The van der Waals surface area contributed by atoms with Gasteiger partial charge in [-0.15, -0.1) is 0 Å². The molecule has 0 saturated heterocycles. The summed E-state index contributed by atoms with van der Waals surface area (Å²) in [5, 5.41) is 21.1. The van der Waals surface area contributed by atoms with Gasteiger partial charge in [0.15, 0.2) is 0 Å². The third kappa shape index (κ3) is 4.90. The number of hydrogen-bond donors (Lipinski definition) is 4. The number of carbonyl (C=O) groups is 2. The fourth-order valence-corrected chi connectivity index (χ4v) is 1.76. The molecule has 2 amide bonds. The zero-order valence-electron chi connectivity index (χ0n) is 12.5. The van der Waals surface area contributed by atoms with Gasteiger partial charge in [0.25, 0.3) is 11.8 Å². The Morgan fingerprint density at radius 2 is 2.08 bits per heavy atom. The number of aliphatic hydroxyl groups is 1. The molecule has 1 heterocycles. The topological polar surface area (TPSA) is 124 Å². The van der Waals surface area contributed by atoms with Crippen molar-refractivity contribution < 1.29 is 24.3 Å². The molecule has 0 bridgehead atoms. The molecule has 1 aromatic heterocycles. The average molecular weight is 329 g/mol. The molecule has 8 heteroatoms. The number of aliphatic hydroxyl groups excluding tert-OH is 1. The number of furan rings is 1. The summed E-state index contributed by atoms with van der Waals surface area (Å²) in [6.07, 6.45) is 3.89. The number of rotatable bonds is 6. The molecule has 2 aromatic rings. The van der Waals surface area contributed by atoms with Gasteiger partial charge in [0.2, 0.25) is 0 Å². The van der Waals surface area contributed by atoms with Gasteiger partial charge in [-0.25, -0.2) is 10.9 Å². The molecule has 0 fully saturated rings. The van der Waals surface area contributed by atoms with Crippen molar-refractivity contribution in [3.63, 3.8) is 0 Å². The lowest BCUT2D eigenvalue weighted by molar-refractivity contribution is -0.124. The minimum absolute atomic E-state index is 0.213. The number of nitrogens with one attached hydrogen (secondary N) is 2. The van der Waals surface area contributed by atoms with Gasteiger partial charge in [-0.3, -0.25) is 14.8 Å². The second kappa shape index (κ2) is 8.42. The molecule has 8 nitrogen and oxygen atoms in total. The number of hydroxylamine groups is 1. The first-order valence-corrected chi connectivity index (χ1v) is 6.87. The second-order valence-corrected chi connectivity index (χ2v) is 4.60. The van der Waals surface area contributed by atoms with E-state index in [1.807, 2.05) is 0 Å². The maximum Gasteiger partial charge on any atom is 0.271 e. The van der Waals surface area contributed by atoms with Crippen molar-refractivity contribution in [2.75, 3.05) is 0 Å². The summed E-state index contributed by atoms with van der Waals surface area (Å²) >= 11 is 0. The Balaban J connectivity index is 1.99. The highest BCUT2D eigenvalue weighted by atomic mass is 16.5. The largest absolute Gasteiger partial charge is 0.458 e. The van der Waals surface area contributed by atoms with Gasteiger partial charge in [-0.05, 0) is 35.9 Å². The SMILES string of the molecule is O=C(/C=C/c1cccc(C(=O)N/N=C/c2ccc(CO)o2)c1)NO. The van der Waals surface area contributed by atoms with Crippen molar-refractivity contribution >= 4 is 24.1 Å². The molecule has 0 spiro atoms. The van der Waals surface area contributed by atoms with Crippen LogP contribution in [0.1, 0.15) is 27.4 Å². The van der Waals surface area contributed by atoms with E-state index in [0.717, 1.165) is 6.08 Å². The molecule has 0 atom stereocenters. The summed E-state index contributed by atoms with van der Waals surface area (Å²) in [7, 11) is 0. The van der Waals surface area contributed by atoms with E-state index < -0.39 is 11.8 Å². The predicted molar refractivity (Wildman–Crippen MR) is 85.1 cm³/mol. The van der Waals surface area contributed by atoms with Crippen LogP contribution in [-0.2, 0) is 11.4 Å². The standard InChI is InChI=1S/C16H15N3O5/c20-10-14-6-5-13(24-14)9-17-18-16(22)12-3-1-2-11(8-12)4-7-15(21)19-23/h1-9,20,23H,10H2,(H,18,22)(H,19,21)/b7-4+,17-9+. The molecule has 24 heavy (non-hydrogen) atoms. The number of hydrazone groups is 1. The second-order valence-electron chi connectivity index (χ2n) is 4.60. The Morgan fingerprint density at radius 3 is 2.79 bits per heavy atom. The monoisotopic (exact) mass is 329 g/mol. The number of hydrogen-bond acceptors (Lipinski definition) is 6. The number of nitrogens with zero attached hydrogens (tertiary/aromatic N) is 1. The van der Waals surface area contributed by atoms with Crippen LogP contribution < -0.4 is 10.9 Å². The first-order valence-electron chi connectivity index (χ1n) is 6.87. The highest BCUT2D eigenvalue weighted by Crippen LogP contribution is 2.08. The van der Waals surface area contributed by atoms with E-state index in [1.165, 1.54) is 17.8 Å². The Kier molecular flexibility index (Phi) is 6.01. The minimum atomic E-state index is -0.671. The molecular formula is C16H15N3O5. The van der Waals surface area contributed by atoms with Gasteiger partial charge in [-0.2, -0.15) is 5.10 Å². The van der Waals surface area contributed by atoms with E-state index in [4.69, 9.17) is 14.7 Å². The van der Waals surface area contributed by atoms with Crippen LogP contribution in [0.3, 0.4) is 0 Å². The average Bonchev–Trinajstić information content (AvgIpc) is 3.07. The van der Waals surface area contributed by atoms with Gasteiger partial charge < -0.3 is 9.52 Å². The van der Waals surface area contributed by atoms with Gasteiger partial charge in [0.1, 0.15) is 18.1 Å². The van der Waals surface area contributed by atoms with Gasteiger partial charge in [0.05, 0.1) is 6.21 Å². The lowest BCUT2D eigenvalue weighted by atomic mass is 10.1. The minimum Gasteiger partial charge on any atom is -0.458 e. The molecule has 0 radical (unpaired) electrons. The molecule has 0 aliphatic carbocycles. The van der Waals surface area contributed by atoms with E-state index in [9.17, 15) is 9.59 Å². The summed E-state index contributed by atoms with van der Waals surface area (Å²) < 4.78 is 5.19. The Labute approximate surface area is 137 Å². The van der Waals surface area contributed by atoms with Crippen LogP contribution in [0, 0.1) is 0 Å². The quantitative estimate of drug-likeness (QED) is 0.273. The molecule has 1 aromatic carbocycles. The van der Waals surface area contributed by atoms with Crippen LogP contribution >= 0.6 is 0 Å². The lowest BCUT2D eigenvalue weighted by Gasteiger charge is -2.01. The fourth-order valence-electron chi connectivity index (χ4n) is 1.76. The first-order chi connectivity index (χ1) is 11.6. The van der Waals surface area contributed by atoms with Crippen molar-refractivity contribution in [3.8, 4) is 0 Å². The van der Waals surface area contributed by atoms with Crippen molar-refractivity contribution in [1.82, 2.24) is 10.9 Å². The summed E-state index contributed by atoms with van der Waals surface area (Å²) in [5.74, 6) is -0.322. The third-order valence-corrected chi connectivity index (χ3v) is 2.88. The molecule has 0 unspecified atom stereocenters. The van der Waals surface area contributed by atoms with Gasteiger partial charge in [0, 0.05) is 11.6 Å². The van der Waals surface area contributed by atoms with Crippen LogP contribution in [0.2, 0.25) is 0 Å². The molecule has 0 saturated carbocycles. The zero-order valence-corrected chi connectivity index (χ0v) is 12.5. The van der Waals surface area contributed by atoms with Crippen LogP contribution in [-0.4, -0.2) is 28.3 Å². The summed E-state index contributed by atoms with van der Waals surface area (Å²) in [4.78, 5) is 22.9. The van der Waals surface area contributed by atoms with Crippen molar-refractivity contribution in [2.24, 2.45) is 5.10 Å². The molecule has 4 N–H and O–H groups in total. The van der Waals surface area contributed by atoms with Crippen molar-refractivity contribution in [3.05, 3.63) is 65.1 Å². The molecular weight excluding hydrogens is 314 g/mol. The van der Waals surface area contributed by atoms with Gasteiger partial charge in [-0.1, -0.05) is 12.1 Å². The maximum absolute atomic E-state index is 12.0. The molecule has 0 aliphatic rings. The van der Waals surface area contributed by atoms with E-state index in [2.05, 4.69) is 10.5 Å². The highest BCUT2D eigenvalue weighted by Gasteiger charge is 2.04. The zero-order chi connectivity index (χ0) is 17.4. The first kappa shape index (κ1) is 17.1. The molecule has 124 valence electrons. The van der Waals surface area contributed by atoms with E-state index in [-0.39, 0.29) is 6.61 Å². The van der Waals surface area contributed by atoms with Crippen LogP contribution in [0.4, 0.5) is 0 Å². The van der Waals surface area contributed by atoms with Gasteiger partial charge >= 0.3 is 0 Å². The smallest absolute Gasteiger partial charge is 0.271 e. The summed E-state index contributed by atoms with van der Waals surface area (Å²) in [6, 6.07) is 9.70. The summed E-state index contributed by atoms with van der Waals surface area (Å²) in [5.41, 5.74) is 4.76. The fraction of sp³-hybridized carbons (Fsp3) is 0.0625. The maximum atomic E-state index is 12.0. The molecule has 0 aliphatic heterocycles. The molecule has 2 rings (SSSR count). The van der Waals surface area contributed by atoms with E-state index >= 15 is 0 Å². The Bertz CT molecular complexity index is 780. The van der Waals surface area contributed by atoms with Crippen molar-refractivity contribution in [1.29, 1.82) is 0 Å². The Hall–Kier alpha value is -3.23. The summed E-state index contributed by atoms with van der Waals surface area (Å²) in [6.45, 7) is -0.213. The van der Waals surface area contributed by atoms with Crippen LogP contribution in [0.5, 0.6) is 0 Å². The predicted octanol–water partition coefficient (Wildman–Crippen LogP) is 1.05. The number of benzene rings is 1. The lowest BCUT2D eigenvalue weighted by Crippen LogP contribution is -2.17. The highest BCUT2D eigenvalue weighted by molar-refractivity contribution is 5.96. The third-order valence-electron chi connectivity index (χ3n) is 2.88. The van der Waals surface area contributed by atoms with E-state index in [1.54, 1.807) is 36.4 Å². The number of carbonyl (C=O) groups excluding carboxylic acids is 2.